The van der Waals surface area contributed by atoms with Crippen molar-refractivity contribution in [3.05, 3.63) is 59.9 Å². The summed E-state index contributed by atoms with van der Waals surface area (Å²) in [5.74, 6) is 0.487. The average Bonchev–Trinajstić information content (AvgIpc) is 2.55. The standard InChI is InChI=1S/C16H17N3O2/c1-2-11-21-14-8-6-13(7-9-14)12-18-19-16(20)15-5-3-4-10-17-15/h3-10,12H,2,11H2,1H3,(H,19,20). The molecule has 5 heteroatoms. The zero-order valence-electron chi connectivity index (χ0n) is 11.8. The second kappa shape index (κ2) is 7.79. The van der Waals surface area contributed by atoms with Gasteiger partial charge in [-0.25, -0.2) is 5.43 Å². The van der Waals surface area contributed by atoms with Crippen LogP contribution in [0.5, 0.6) is 5.75 Å². The van der Waals surface area contributed by atoms with E-state index < -0.39 is 0 Å². The minimum absolute atomic E-state index is 0.331. The predicted octanol–water partition coefficient (Wildman–Crippen LogP) is 2.63. The number of carbonyl (C=O) groups excluding carboxylic acids is 1. The summed E-state index contributed by atoms with van der Waals surface area (Å²) in [4.78, 5) is 15.6. The molecule has 1 aromatic heterocycles. The first-order valence-electron chi connectivity index (χ1n) is 6.77. The number of hydrogen-bond donors (Lipinski definition) is 1. The van der Waals surface area contributed by atoms with Gasteiger partial charge in [0, 0.05) is 6.20 Å². The highest BCUT2D eigenvalue weighted by Crippen LogP contribution is 2.11. The number of ether oxygens (including phenoxy) is 1. The Morgan fingerprint density at radius 3 is 2.76 bits per heavy atom. The summed E-state index contributed by atoms with van der Waals surface area (Å²) in [7, 11) is 0. The first-order chi connectivity index (χ1) is 10.3. The summed E-state index contributed by atoms with van der Waals surface area (Å²) in [5.41, 5.74) is 3.64. The summed E-state index contributed by atoms with van der Waals surface area (Å²) in [6.07, 6.45) is 4.11. The summed E-state index contributed by atoms with van der Waals surface area (Å²) < 4.78 is 5.49. The fourth-order valence-corrected chi connectivity index (χ4v) is 1.59. The van der Waals surface area contributed by atoms with Crippen LogP contribution in [-0.2, 0) is 0 Å². The molecule has 0 atom stereocenters. The monoisotopic (exact) mass is 283 g/mol. The van der Waals surface area contributed by atoms with Crippen LogP contribution in [0, 0.1) is 0 Å². The normalized spacial score (nSPS) is 10.5. The van der Waals surface area contributed by atoms with Gasteiger partial charge in [0.2, 0.25) is 0 Å². The third-order valence-electron chi connectivity index (χ3n) is 2.63. The summed E-state index contributed by atoms with van der Waals surface area (Å²) in [6, 6.07) is 12.6. The highest BCUT2D eigenvalue weighted by Gasteiger charge is 2.03. The number of nitrogens with one attached hydrogen (secondary N) is 1. The van der Waals surface area contributed by atoms with Gasteiger partial charge < -0.3 is 4.74 Å². The molecule has 0 unspecified atom stereocenters. The summed E-state index contributed by atoms with van der Waals surface area (Å²) in [6.45, 7) is 2.76. The number of pyridine rings is 1. The van der Waals surface area contributed by atoms with E-state index in [1.165, 1.54) is 0 Å². The van der Waals surface area contributed by atoms with E-state index in [0.29, 0.717) is 12.3 Å². The largest absolute Gasteiger partial charge is 0.494 e. The molecule has 0 aliphatic rings. The number of amides is 1. The van der Waals surface area contributed by atoms with Crippen LogP contribution in [0.25, 0.3) is 0 Å². The molecule has 5 nitrogen and oxygen atoms in total. The van der Waals surface area contributed by atoms with E-state index in [-0.39, 0.29) is 5.91 Å². The fraction of sp³-hybridized carbons (Fsp3) is 0.188. The molecule has 0 aliphatic carbocycles. The first kappa shape index (κ1) is 14.7. The van der Waals surface area contributed by atoms with Gasteiger partial charge in [0.1, 0.15) is 11.4 Å². The summed E-state index contributed by atoms with van der Waals surface area (Å²) in [5, 5.41) is 3.90. The Morgan fingerprint density at radius 1 is 1.29 bits per heavy atom. The van der Waals surface area contributed by atoms with Crippen molar-refractivity contribution in [3.63, 3.8) is 0 Å². The van der Waals surface area contributed by atoms with Crippen molar-refractivity contribution in [3.8, 4) is 5.75 Å². The van der Waals surface area contributed by atoms with Crippen molar-refractivity contribution in [1.82, 2.24) is 10.4 Å². The molecule has 1 aromatic carbocycles. The lowest BCUT2D eigenvalue weighted by molar-refractivity contribution is 0.0950. The van der Waals surface area contributed by atoms with Crippen molar-refractivity contribution in [1.29, 1.82) is 0 Å². The van der Waals surface area contributed by atoms with Gasteiger partial charge in [0.15, 0.2) is 0 Å². The predicted molar refractivity (Wildman–Crippen MR) is 81.5 cm³/mol. The van der Waals surface area contributed by atoms with Gasteiger partial charge in [0.25, 0.3) is 5.91 Å². The molecular weight excluding hydrogens is 266 g/mol. The van der Waals surface area contributed by atoms with E-state index in [1.54, 1.807) is 30.6 Å². The topological polar surface area (TPSA) is 63.6 Å². The van der Waals surface area contributed by atoms with Gasteiger partial charge in [-0.3, -0.25) is 9.78 Å². The maximum Gasteiger partial charge on any atom is 0.289 e. The highest BCUT2D eigenvalue weighted by molar-refractivity contribution is 5.93. The van der Waals surface area contributed by atoms with E-state index in [9.17, 15) is 4.79 Å². The zero-order chi connectivity index (χ0) is 14.9. The Balaban J connectivity index is 1.88. The molecule has 108 valence electrons. The van der Waals surface area contributed by atoms with Gasteiger partial charge in [-0.1, -0.05) is 13.0 Å². The van der Waals surface area contributed by atoms with Gasteiger partial charge in [-0.15, -0.1) is 0 Å². The Bertz CT molecular complexity index is 595. The van der Waals surface area contributed by atoms with Crippen LogP contribution >= 0.6 is 0 Å². The van der Waals surface area contributed by atoms with E-state index >= 15 is 0 Å². The lowest BCUT2D eigenvalue weighted by Gasteiger charge is -2.03. The van der Waals surface area contributed by atoms with Crippen molar-refractivity contribution in [2.45, 2.75) is 13.3 Å². The molecule has 2 aromatic rings. The number of aromatic nitrogens is 1. The molecule has 21 heavy (non-hydrogen) atoms. The molecule has 1 heterocycles. The molecule has 2 rings (SSSR count). The van der Waals surface area contributed by atoms with Crippen LogP contribution in [0.1, 0.15) is 29.4 Å². The van der Waals surface area contributed by atoms with Gasteiger partial charge in [-0.05, 0) is 48.4 Å². The van der Waals surface area contributed by atoms with Gasteiger partial charge in [0.05, 0.1) is 12.8 Å². The molecule has 1 N–H and O–H groups in total. The number of hydrazone groups is 1. The van der Waals surface area contributed by atoms with Crippen LogP contribution in [0.15, 0.2) is 53.8 Å². The Kier molecular flexibility index (Phi) is 5.46. The lowest BCUT2D eigenvalue weighted by Crippen LogP contribution is -2.18. The highest BCUT2D eigenvalue weighted by atomic mass is 16.5. The second-order valence-corrected chi connectivity index (χ2v) is 4.33. The SMILES string of the molecule is CCCOc1ccc(C=NNC(=O)c2ccccn2)cc1. The second-order valence-electron chi connectivity index (χ2n) is 4.33. The van der Waals surface area contributed by atoms with Crippen molar-refractivity contribution in [2.24, 2.45) is 5.10 Å². The van der Waals surface area contributed by atoms with Crippen molar-refractivity contribution in [2.75, 3.05) is 6.61 Å². The lowest BCUT2D eigenvalue weighted by atomic mass is 10.2. The number of carbonyl (C=O) groups is 1. The number of nitrogens with zero attached hydrogens (tertiary/aromatic N) is 2. The molecule has 0 saturated carbocycles. The van der Waals surface area contributed by atoms with E-state index in [4.69, 9.17) is 4.74 Å². The quantitative estimate of drug-likeness (QED) is 0.654. The molecule has 1 amide bonds. The zero-order valence-corrected chi connectivity index (χ0v) is 11.8. The van der Waals surface area contributed by atoms with Crippen LogP contribution in [0.4, 0.5) is 0 Å². The van der Waals surface area contributed by atoms with Crippen LogP contribution in [0.2, 0.25) is 0 Å². The smallest absolute Gasteiger partial charge is 0.289 e. The molecule has 0 aliphatic heterocycles. The van der Waals surface area contributed by atoms with Gasteiger partial charge >= 0.3 is 0 Å². The number of hydrogen-bond acceptors (Lipinski definition) is 4. The van der Waals surface area contributed by atoms with E-state index in [0.717, 1.165) is 17.7 Å². The maximum atomic E-state index is 11.7. The van der Waals surface area contributed by atoms with E-state index in [2.05, 4.69) is 22.4 Å². The van der Waals surface area contributed by atoms with Crippen molar-refractivity contribution >= 4 is 12.1 Å². The summed E-state index contributed by atoms with van der Waals surface area (Å²) >= 11 is 0. The average molecular weight is 283 g/mol. The Morgan fingerprint density at radius 2 is 2.10 bits per heavy atom. The van der Waals surface area contributed by atoms with Crippen LogP contribution < -0.4 is 10.2 Å². The third-order valence-corrected chi connectivity index (χ3v) is 2.63. The molecule has 0 saturated heterocycles. The number of benzene rings is 1. The minimum Gasteiger partial charge on any atom is -0.494 e. The fourth-order valence-electron chi connectivity index (χ4n) is 1.59. The molecule has 0 spiro atoms. The van der Waals surface area contributed by atoms with Gasteiger partial charge in [-0.2, -0.15) is 5.10 Å². The first-order valence-corrected chi connectivity index (χ1v) is 6.77. The van der Waals surface area contributed by atoms with Crippen LogP contribution in [-0.4, -0.2) is 23.7 Å². The van der Waals surface area contributed by atoms with Crippen molar-refractivity contribution < 1.29 is 9.53 Å². The molecular formula is C16H17N3O2. The number of rotatable bonds is 6. The molecule has 0 radical (unpaired) electrons. The van der Waals surface area contributed by atoms with E-state index in [1.807, 2.05) is 24.3 Å². The Labute approximate surface area is 123 Å². The molecule has 0 bridgehead atoms. The Hall–Kier alpha value is -2.69. The van der Waals surface area contributed by atoms with Crippen LogP contribution in [0.3, 0.4) is 0 Å². The minimum atomic E-state index is -0.338. The molecule has 0 fully saturated rings. The maximum absolute atomic E-state index is 11.7. The third kappa shape index (κ3) is 4.72.